The van der Waals surface area contributed by atoms with Crippen molar-refractivity contribution in [1.29, 1.82) is 0 Å². The minimum atomic E-state index is 0.411. The molecule has 0 spiro atoms. The predicted molar refractivity (Wildman–Crippen MR) is 60.6 cm³/mol. The smallest absolute Gasteiger partial charge is 0.0409 e. The zero-order valence-corrected chi connectivity index (χ0v) is 9.22. The highest BCUT2D eigenvalue weighted by atomic mass is 35.5. The maximum atomic E-state index is 5.94. The van der Waals surface area contributed by atoms with Crippen LogP contribution in [0.3, 0.4) is 0 Å². The Kier molecular flexibility index (Phi) is 3.09. The van der Waals surface area contributed by atoms with Crippen LogP contribution in [0.1, 0.15) is 31.4 Å². The molecule has 0 aliphatic heterocycles. The summed E-state index contributed by atoms with van der Waals surface area (Å²) in [6, 6.07) is 8.49. The van der Waals surface area contributed by atoms with E-state index < -0.39 is 0 Å². The van der Waals surface area contributed by atoms with Gasteiger partial charge in [0.05, 0.1) is 0 Å². The summed E-state index contributed by atoms with van der Waals surface area (Å²) in [5, 5.41) is 4.35. The molecule has 14 heavy (non-hydrogen) atoms. The Morgan fingerprint density at radius 3 is 2.93 bits per heavy atom. The molecule has 0 unspecified atom stereocenters. The fourth-order valence-corrected chi connectivity index (χ4v) is 1.76. The average molecular weight is 210 g/mol. The van der Waals surface area contributed by atoms with Crippen molar-refractivity contribution in [2.75, 3.05) is 6.54 Å². The predicted octanol–water partition coefficient (Wildman–Crippen LogP) is 3.40. The van der Waals surface area contributed by atoms with E-state index in [2.05, 4.69) is 18.3 Å². The Balaban J connectivity index is 1.91. The van der Waals surface area contributed by atoms with Crippen LogP contribution >= 0.6 is 11.6 Å². The first-order chi connectivity index (χ1) is 6.75. The van der Waals surface area contributed by atoms with E-state index >= 15 is 0 Å². The van der Waals surface area contributed by atoms with E-state index in [1.807, 2.05) is 18.2 Å². The van der Waals surface area contributed by atoms with Crippen LogP contribution in [0.4, 0.5) is 0 Å². The summed E-state index contributed by atoms with van der Waals surface area (Å²) in [6.45, 7) is 3.34. The van der Waals surface area contributed by atoms with Crippen molar-refractivity contribution in [1.82, 2.24) is 5.32 Å². The first kappa shape index (κ1) is 10.0. The molecule has 0 bridgehead atoms. The van der Waals surface area contributed by atoms with E-state index in [4.69, 9.17) is 11.6 Å². The molecule has 1 aliphatic carbocycles. The third kappa shape index (κ3) is 2.73. The van der Waals surface area contributed by atoms with Crippen LogP contribution in [0.15, 0.2) is 24.3 Å². The Morgan fingerprint density at radius 1 is 1.50 bits per heavy atom. The van der Waals surface area contributed by atoms with E-state index in [1.165, 1.54) is 18.4 Å². The zero-order chi connectivity index (χ0) is 9.97. The number of halogens is 1. The fourth-order valence-electron chi connectivity index (χ4n) is 1.56. The molecule has 0 saturated heterocycles. The molecule has 0 heterocycles. The second-order valence-electron chi connectivity index (χ2n) is 4.13. The van der Waals surface area contributed by atoms with Gasteiger partial charge in [-0.2, -0.15) is 0 Å². The maximum Gasteiger partial charge on any atom is 0.0409 e. The third-order valence-corrected chi connectivity index (χ3v) is 2.99. The Morgan fingerprint density at radius 2 is 2.29 bits per heavy atom. The number of benzene rings is 1. The SMILES string of the molecule is C[C@@H](NCC1CC1)c1cccc(Cl)c1. The molecule has 1 aliphatic rings. The van der Waals surface area contributed by atoms with Crippen LogP contribution in [0.2, 0.25) is 5.02 Å². The summed E-state index contributed by atoms with van der Waals surface area (Å²) >= 11 is 5.94. The minimum absolute atomic E-state index is 0.411. The van der Waals surface area contributed by atoms with Crippen LogP contribution in [0.25, 0.3) is 0 Å². The Hall–Kier alpha value is -0.530. The van der Waals surface area contributed by atoms with Gasteiger partial charge < -0.3 is 5.32 Å². The first-order valence-corrected chi connectivity index (χ1v) is 5.62. The van der Waals surface area contributed by atoms with Gasteiger partial charge >= 0.3 is 0 Å². The standard InChI is InChI=1S/C12H16ClN/c1-9(14-8-10-5-6-10)11-3-2-4-12(13)7-11/h2-4,7,9-10,14H,5-6,8H2,1H3/t9-/m1/s1. The molecule has 1 atom stereocenters. The van der Waals surface area contributed by atoms with Crippen molar-refractivity contribution < 1.29 is 0 Å². The van der Waals surface area contributed by atoms with Crippen LogP contribution in [0, 0.1) is 5.92 Å². The highest BCUT2D eigenvalue weighted by Crippen LogP contribution is 2.28. The topological polar surface area (TPSA) is 12.0 Å². The summed E-state index contributed by atoms with van der Waals surface area (Å²) in [7, 11) is 0. The summed E-state index contributed by atoms with van der Waals surface area (Å²) in [4.78, 5) is 0. The Labute approximate surface area is 90.5 Å². The molecule has 0 aromatic heterocycles. The third-order valence-electron chi connectivity index (χ3n) is 2.76. The van der Waals surface area contributed by atoms with Crippen LogP contribution in [-0.4, -0.2) is 6.54 Å². The van der Waals surface area contributed by atoms with Gasteiger partial charge in [-0.3, -0.25) is 0 Å². The largest absolute Gasteiger partial charge is 0.310 e. The van der Waals surface area contributed by atoms with E-state index in [0.717, 1.165) is 17.5 Å². The minimum Gasteiger partial charge on any atom is -0.310 e. The number of rotatable bonds is 4. The Bertz CT molecular complexity index is 307. The summed E-state index contributed by atoms with van der Waals surface area (Å²) in [6.07, 6.45) is 2.80. The molecule has 76 valence electrons. The summed E-state index contributed by atoms with van der Waals surface area (Å²) < 4.78 is 0. The monoisotopic (exact) mass is 209 g/mol. The molecule has 2 rings (SSSR count). The van der Waals surface area contributed by atoms with E-state index in [-0.39, 0.29) is 0 Å². The van der Waals surface area contributed by atoms with E-state index in [9.17, 15) is 0 Å². The molecule has 0 radical (unpaired) electrons. The van der Waals surface area contributed by atoms with Crippen molar-refractivity contribution in [3.05, 3.63) is 34.9 Å². The molecular formula is C12H16ClN. The van der Waals surface area contributed by atoms with Crippen molar-refractivity contribution >= 4 is 11.6 Å². The zero-order valence-electron chi connectivity index (χ0n) is 8.46. The molecular weight excluding hydrogens is 194 g/mol. The van der Waals surface area contributed by atoms with Crippen molar-refractivity contribution in [3.63, 3.8) is 0 Å². The van der Waals surface area contributed by atoms with Crippen molar-refractivity contribution in [2.45, 2.75) is 25.8 Å². The van der Waals surface area contributed by atoms with Crippen LogP contribution < -0.4 is 5.32 Å². The summed E-state index contributed by atoms with van der Waals surface area (Å²) in [5.41, 5.74) is 1.28. The lowest BCUT2D eigenvalue weighted by Crippen LogP contribution is -2.20. The van der Waals surface area contributed by atoms with E-state index in [0.29, 0.717) is 6.04 Å². The van der Waals surface area contributed by atoms with Gasteiger partial charge in [0.25, 0.3) is 0 Å². The van der Waals surface area contributed by atoms with Crippen molar-refractivity contribution in [3.8, 4) is 0 Å². The van der Waals surface area contributed by atoms with Gasteiger partial charge in [-0.15, -0.1) is 0 Å². The lowest BCUT2D eigenvalue weighted by Gasteiger charge is -2.13. The second kappa shape index (κ2) is 4.33. The molecule has 0 amide bonds. The van der Waals surface area contributed by atoms with Gasteiger partial charge in [0.1, 0.15) is 0 Å². The molecule has 1 aromatic rings. The van der Waals surface area contributed by atoms with Gasteiger partial charge in [0, 0.05) is 11.1 Å². The quantitative estimate of drug-likeness (QED) is 0.802. The summed E-state index contributed by atoms with van der Waals surface area (Å²) in [5.74, 6) is 0.927. The van der Waals surface area contributed by atoms with Gasteiger partial charge in [-0.1, -0.05) is 23.7 Å². The number of hydrogen-bond acceptors (Lipinski definition) is 1. The number of nitrogens with one attached hydrogen (secondary N) is 1. The number of hydrogen-bond donors (Lipinski definition) is 1. The normalized spacial score (nSPS) is 18.1. The molecule has 1 aromatic carbocycles. The molecule has 2 heteroatoms. The highest BCUT2D eigenvalue weighted by molar-refractivity contribution is 6.30. The highest BCUT2D eigenvalue weighted by Gasteiger charge is 2.21. The maximum absolute atomic E-state index is 5.94. The molecule has 1 N–H and O–H groups in total. The first-order valence-electron chi connectivity index (χ1n) is 5.24. The lowest BCUT2D eigenvalue weighted by molar-refractivity contribution is 0.549. The average Bonchev–Trinajstić information content (AvgIpc) is 2.97. The molecule has 1 nitrogen and oxygen atoms in total. The van der Waals surface area contributed by atoms with E-state index in [1.54, 1.807) is 0 Å². The van der Waals surface area contributed by atoms with Gasteiger partial charge in [0.2, 0.25) is 0 Å². The fraction of sp³-hybridized carbons (Fsp3) is 0.500. The van der Waals surface area contributed by atoms with Crippen molar-refractivity contribution in [2.24, 2.45) is 5.92 Å². The van der Waals surface area contributed by atoms with Gasteiger partial charge in [-0.25, -0.2) is 0 Å². The lowest BCUT2D eigenvalue weighted by atomic mass is 10.1. The van der Waals surface area contributed by atoms with Crippen LogP contribution in [0.5, 0.6) is 0 Å². The molecule has 1 fully saturated rings. The van der Waals surface area contributed by atoms with Gasteiger partial charge in [0.15, 0.2) is 0 Å². The van der Waals surface area contributed by atoms with Gasteiger partial charge in [-0.05, 0) is 49.9 Å². The second-order valence-corrected chi connectivity index (χ2v) is 4.56. The van der Waals surface area contributed by atoms with Crippen LogP contribution in [-0.2, 0) is 0 Å². The molecule has 1 saturated carbocycles.